The van der Waals surface area contributed by atoms with Crippen molar-refractivity contribution in [2.45, 2.75) is 31.0 Å². The van der Waals surface area contributed by atoms with Crippen molar-refractivity contribution in [1.82, 2.24) is 4.72 Å². The van der Waals surface area contributed by atoms with Crippen molar-refractivity contribution in [1.29, 1.82) is 0 Å². The molecule has 0 spiro atoms. The molecule has 0 saturated heterocycles. The van der Waals surface area contributed by atoms with Gasteiger partial charge < -0.3 is 0 Å². The summed E-state index contributed by atoms with van der Waals surface area (Å²) < 4.78 is 27.5. The van der Waals surface area contributed by atoms with Gasteiger partial charge in [-0.3, -0.25) is 0 Å². The first-order valence-corrected chi connectivity index (χ1v) is 7.70. The summed E-state index contributed by atoms with van der Waals surface area (Å²) in [5, 5.41) is 0. The lowest BCUT2D eigenvalue weighted by molar-refractivity contribution is 0.477. The van der Waals surface area contributed by atoms with E-state index in [1.165, 1.54) is 11.3 Å². The normalized spacial score (nSPS) is 14.5. The van der Waals surface area contributed by atoms with Crippen LogP contribution in [0.2, 0.25) is 0 Å². The number of sulfonamides is 1. The second kappa shape index (κ2) is 4.95. The standard InChI is InChI=1S/C9H14BrNO2S2/c1-6(2)7(3)11-15(12,13)9-5-4-8(10)14-9/h4-7,11H,1-3H3/t7-/m0/s1. The minimum Gasteiger partial charge on any atom is -0.207 e. The maximum absolute atomic E-state index is 11.8. The molecule has 86 valence electrons. The predicted octanol–water partition coefficient (Wildman–Crippen LogP) is 2.83. The van der Waals surface area contributed by atoms with Gasteiger partial charge in [0.05, 0.1) is 3.79 Å². The maximum Gasteiger partial charge on any atom is 0.250 e. The molecule has 0 fully saturated rings. The maximum atomic E-state index is 11.8. The van der Waals surface area contributed by atoms with Crippen LogP contribution in [0.4, 0.5) is 0 Å². The molecule has 0 unspecified atom stereocenters. The Morgan fingerprint density at radius 1 is 1.33 bits per heavy atom. The van der Waals surface area contributed by atoms with Crippen LogP contribution in [0.5, 0.6) is 0 Å². The van der Waals surface area contributed by atoms with Crippen LogP contribution in [-0.2, 0) is 10.0 Å². The second-order valence-corrected chi connectivity index (χ2v) is 8.12. The fraction of sp³-hybridized carbons (Fsp3) is 0.556. The van der Waals surface area contributed by atoms with Crippen LogP contribution in [0.1, 0.15) is 20.8 Å². The van der Waals surface area contributed by atoms with Gasteiger partial charge in [0.25, 0.3) is 0 Å². The molecular formula is C9H14BrNO2S2. The summed E-state index contributed by atoms with van der Waals surface area (Å²) in [5.74, 6) is 0.281. The number of hydrogen-bond donors (Lipinski definition) is 1. The van der Waals surface area contributed by atoms with Gasteiger partial charge in [-0.15, -0.1) is 11.3 Å². The molecule has 1 rings (SSSR count). The van der Waals surface area contributed by atoms with Gasteiger partial charge in [-0.1, -0.05) is 13.8 Å². The Hall–Kier alpha value is 0.0900. The molecule has 0 bridgehead atoms. The van der Waals surface area contributed by atoms with Crippen molar-refractivity contribution in [2.24, 2.45) is 5.92 Å². The number of hydrogen-bond acceptors (Lipinski definition) is 3. The van der Waals surface area contributed by atoms with Gasteiger partial charge in [0.2, 0.25) is 10.0 Å². The first-order valence-electron chi connectivity index (χ1n) is 4.60. The van der Waals surface area contributed by atoms with Crippen LogP contribution in [0.3, 0.4) is 0 Å². The van der Waals surface area contributed by atoms with Gasteiger partial charge in [0, 0.05) is 6.04 Å². The zero-order valence-corrected chi connectivity index (χ0v) is 12.0. The fourth-order valence-electron chi connectivity index (χ4n) is 0.881. The third kappa shape index (κ3) is 3.55. The number of halogens is 1. The van der Waals surface area contributed by atoms with E-state index in [1.54, 1.807) is 12.1 Å². The van der Waals surface area contributed by atoms with E-state index in [4.69, 9.17) is 0 Å². The predicted molar refractivity (Wildman–Crippen MR) is 66.6 cm³/mol. The smallest absolute Gasteiger partial charge is 0.207 e. The molecule has 1 atom stereocenters. The number of rotatable bonds is 4. The molecule has 15 heavy (non-hydrogen) atoms. The Bertz CT molecular complexity index is 425. The molecule has 1 aromatic heterocycles. The van der Waals surface area contributed by atoms with E-state index in [2.05, 4.69) is 20.7 Å². The SMILES string of the molecule is CC(C)[C@H](C)NS(=O)(=O)c1ccc(Br)s1. The molecule has 0 aliphatic heterocycles. The first-order chi connectivity index (χ1) is 6.83. The summed E-state index contributed by atoms with van der Waals surface area (Å²) in [6, 6.07) is 3.28. The lowest BCUT2D eigenvalue weighted by atomic mass is 10.1. The molecule has 3 nitrogen and oxygen atoms in total. The van der Waals surface area contributed by atoms with Gasteiger partial charge in [0.1, 0.15) is 4.21 Å². The molecule has 0 radical (unpaired) electrons. The van der Waals surface area contributed by atoms with Gasteiger partial charge in [-0.05, 0) is 40.9 Å². The van der Waals surface area contributed by atoms with Crippen LogP contribution in [0, 0.1) is 5.92 Å². The highest BCUT2D eigenvalue weighted by molar-refractivity contribution is 9.11. The molecular weight excluding hydrogens is 298 g/mol. The minimum atomic E-state index is -3.35. The minimum absolute atomic E-state index is 0.0594. The molecule has 0 amide bonds. The summed E-state index contributed by atoms with van der Waals surface area (Å²) in [4.78, 5) is 0. The van der Waals surface area contributed by atoms with Gasteiger partial charge in [0.15, 0.2) is 0 Å². The van der Waals surface area contributed by atoms with Crippen molar-refractivity contribution >= 4 is 37.3 Å². The molecule has 6 heteroatoms. The van der Waals surface area contributed by atoms with E-state index in [0.29, 0.717) is 4.21 Å². The largest absolute Gasteiger partial charge is 0.250 e. The van der Waals surface area contributed by atoms with E-state index < -0.39 is 10.0 Å². The summed E-state index contributed by atoms with van der Waals surface area (Å²) in [6.45, 7) is 5.83. The Morgan fingerprint density at radius 3 is 2.33 bits per heavy atom. The second-order valence-electron chi connectivity index (χ2n) is 3.71. The summed E-state index contributed by atoms with van der Waals surface area (Å²) in [6.07, 6.45) is 0. The lowest BCUT2D eigenvalue weighted by Crippen LogP contribution is -2.35. The van der Waals surface area contributed by atoms with Gasteiger partial charge >= 0.3 is 0 Å². The number of thiophene rings is 1. The van der Waals surface area contributed by atoms with E-state index >= 15 is 0 Å². The molecule has 1 aromatic rings. The van der Waals surface area contributed by atoms with E-state index in [0.717, 1.165) is 3.79 Å². The monoisotopic (exact) mass is 311 g/mol. The molecule has 1 N–H and O–H groups in total. The van der Waals surface area contributed by atoms with Crippen LogP contribution in [-0.4, -0.2) is 14.5 Å². The van der Waals surface area contributed by atoms with Gasteiger partial charge in [-0.25, -0.2) is 13.1 Å². The molecule has 0 aromatic carbocycles. The van der Waals surface area contributed by atoms with Crippen molar-refractivity contribution in [3.63, 3.8) is 0 Å². The highest BCUT2D eigenvalue weighted by Gasteiger charge is 2.20. The highest BCUT2D eigenvalue weighted by Crippen LogP contribution is 2.26. The zero-order valence-electron chi connectivity index (χ0n) is 8.82. The number of nitrogens with one attached hydrogen (secondary N) is 1. The summed E-state index contributed by atoms with van der Waals surface area (Å²) >= 11 is 4.46. The summed E-state index contributed by atoms with van der Waals surface area (Å²) in [5.41, 5.74) is 0. The first kappa shape index (κ1) is 13.2. The lowest BCUT2D eigenvalue weighted by Gasteiger charge is -2.16. The molecule has 0 aliphatic carbocycles. The molecule has 0 saturated carbocycles. The van der Waals surface area contributed by atoms with Crippen molar-refractivity contribution in [3.8, 4) is 0 Å². The van der Waals surface area contributed by atoms with Crippen molar-refractivity contribution < 1.29 is 8.42 Å². The Kier molecular flexibility index (Phi) is 4.34. The van der Waals surface area contributed by atoms with Crippen LogP contribution >= 0.6 is 27.3 Å². The van der Waals surface area contributed by atoms with Crippen LogP contribution in [0.25, 0.3) is 0 Å². The molecule has 1 heterocycles. The van der Waals surface area contributed by atoms with Crippen molar-refractivity contribution in [3.05, 3.63) is 15.9 Å². The Balaban J connectivity index is 2.85. The summed E-state index contributed by atoms with van der Waals surface area (Å²) in [7, 11) is -3.35. The van der Waals surface area contributed by atoms with E-state index in [1.807, 2.05) is 20.8 Å². The van der Waals surface area contributed by atoms with Crippen LogP contribution < -0.4 is 4.72 Å². The van der Waals surface area contributed by atoms with E-state index in [-0.39, 0.29) is 12.0 Å². The average Bonchev–Trinajstić information content (AvgIpc) is 2.51. The zero-order chi connectivity index (χ0) is 11.6. The third-order valence-corrected chi connectivity index (χ3v) is 5.83. The average molecular weight is 312 g/mol. The fourth-order valence-corrected chi connectivity index (χ4v) is 4.30. The van der Waals surface area contributed by atoms with E-state index in [9.17, 15) is 8.42 Å². The Labute approximate surface area is 103 Å². The van der Waals surface area contributed by atoms with Crippen molar-refractivity contribution in [2.75, 3.05) is 0 Å². The quantitative estimate of drug-likeness (QED) is 0.929. The Morgan fingerprint density at radius 2 is 1.93 bits per heavy atom. The van der Waals surface area contributed by atoms with Gasteiger partial charge in [-0.2, -0.15) is 0 Å². The third-order valence-electron chi connectivity index (χ3n) is 2.15. The van der Waals surface area contributed by atoms with Crippen LogP contribution in [0.15, 0.2) is 20.1 Å². The molecule has 0 aliphatic rings. The highest BCUT2D eigenvalue weighted by atomic mass is 79.9. The topological polar surface area (TPSA) is 46.2 Å².